The Kier molecular flexibility index (Phi) is 3.41. The van der Waals surface area contributed by atoms with E-state index in [-0.39, 0.29) is 12.0 Å². The second-order valence-electron chi connectivity index (χ2n) is 6.18. The van der Waals surface area contributed by atoms with Crippen LogP contribution in [-0.4, -0.2) is 13.1 Å². The van der Waals surface area contributed by atoms with Crippen molar-refractivity contribution >= 4 is 11.7 Å². The van der Waals surface area contributed by atoms with Gasteiger partial charge in [0.05, 0.1) is 18.7 Å². The Morgan fingerprint density at radius 3 is 2.70 bits per heavy atom. The van der Waals surface area contributed by atoms with Gasteiger partial charge in [0, 0.05) is 11.6 Å². The minimum absolute atomic E-state index is 0.261. The van der Waals surface area contributed by atoms with Crippen molar-refractivity contribution in [2.45, 2.75) is 18.4 Å². The standard InChI is InChI=1S/C20H19NO2/c1-23-20(22)14-11-9-13(10-12-14)19-17-7-4-6-15(17)16-5-2-3-8-18(16)21-19/h2-6,8-12,15,17,19,21H,7H2,1H3/t15-,17+,19-/m0/s1. The molecule has 2 aliphatic rings. The Hall–Kier alpha value is -2.55. The molecule has 0 aromatic heterocycles. The van der Waals surface area contributed by atoms with Gasteiger partial charge in [-0.25, -0.2) is 4.79 Å². The molecule has 0 saturated carbocycles. The van der Waals surface area contributed by atoms with Gasteiger partial charge in [0.2, 0.25) is 0 Å². The van der Waals surface area contributed by atoms with Gasteiger partial charge >= 0.3 is 5.97 Å². The number of carbonyl (C=O) groups excluding carboxylic acids is 1. The molecule has 1 heterocycles. The summed E-state index contributed by atoms with van der Waals surface area (Å²) in [6.45, 7) is 0. The molecule has 0 fully saturated rings. The fourth-order valence-electron chi connectivity index (χ4n) is 3.82. The number of allylic oxidation sites excluding steroid dienone is 2. The normalized spacial score (nSPS) is 24.5. The lowest BCUT2D eigenvalue weighted by molar-refractivity contribution is 0.0600. The molecular formula is C20H19NO2. The number of hydrogen-bond acceptors (Lipinski definition) is 3. The smallest absolute Gasteiger partial charge is 0.337 e. The molecule has 1 N–H and O–H groups in total. The number of benzene rings is 2. The first kappa shape index (κ1) is 14.1. The van der Waals surface area contributed by atoms with E-state index in [4.69, 9.17) is 4.74 Å². The molecule has 0 saturated heterocycles. The first-order chi connectivity index (χ1) is 11.3. The summed E-state index contributed by atoms with van der Waals surface area (Å²) in [7, 11) is 1.41. The highest BCUT2D eigenvalue weighted by Gasteiger charge is 2.37. The zero-order chi connectivity index (χ0) is 15.8. The Bertz CT molecular complexity index is 763. The molecule has 0 spiro atoms. The summed E-state index contributed by atoms with van der Waals surface area (Å²) >= 11 is 0. The molecule has 0 unspecified atom stereocenters. The number of fused-ring (bicyclic) bond motifs is 3. The van der Waals surface area contributed by atoms with Crippen LogP contribution in [0.1, 0.15) is 39.9 Å². The Morgan fingerprint density at radius 2 is 1.91 bits per heavy atom. The van der Waals surface area contributed by atoms with E-state index in [2.05, 4.69) is 41.7 Å². The molecule has 23 heavy (non-hydrogen) atoms. The van der Waals surface area contributed by atoms with Crippen LogP contribution in [-0.2, 0) is 4.74 Å². The lowest BCUT2D eigenvalue weighted by atomic mass is 9.77. The molecule has 2 aromatic carbocycles. The van der Waals surface area contributed by atoms with Crippen molar-refractivity contribution in [1.82, 2.24) is 0 Å². The summed E-state index contributed by atoms with van der Waals surface area (Å²) in [6.07, 6.45) is 5.70. The van der Waals surface area contributed by atoms with Crippen LogP contribution in [0.2, 0.25) is 0 Å². The van der Waals surface area contributed by atoms with Crippen LogP contribution in [0.5, 0.6) is 0 Å². The number of anilines is 1. The molecule has 2 aromatic rings. The topological polar surface area (TPSA) is 38.3 Å². The number of hydrogen-bond donors (Lipinski definition) is 1. The molecule has 116 valence electrons. The van der Waals surface area contributed by atoms with Crippen LogP contribution >= 0.6 is 0 Å². The largest absolute Gasteiger partial charge is 0.465 e. The van der Waals surface area contributed by atoms with Gasteiger partial charge in [0.1, 0.15) is 0 Å². The molecule has 3 atom stereocenters. The third-order valence-corrected chi connectivity index (χ3v) is 4.96. The first-order valence-corrected chi connectivity index (χ1v) is 7.98. The zero-order valence-corrected chi connectivity index (χ0v) is 13.0. The highest BCUT2D eigenvalue weighted by Crippen LogP contribution is 2.49. The molecule has 0 amide bonds. The molecule has 3 heteroatoms. The Labute approximate surface area is 136 Å². The van der Waals surface area contributed by atoms with Crippen LogP contribution in [0, 0.1) is 5.92 Å². The predicted molar refractivity (Wildman–Crippen MR) is 90.6 cm³/mol. The van der Waals surface area contributed by atoms with Gasteiger partial charge in [-0.3, -0.25) is 0 Å². The lowest BCUT2D eigenvalue weighted by Crippen LogP contribution is -2.29. The van der Waals surface area contributed by atoms with Crippen molar-refractivity contribution in [3.05, 3.63) is 77.4 Å². The summed E-state index contributed by atoms with van der Waals surface area (Å²) < 4.78 is 4.77. The van der Waals surface area contributed by atoms with E-state index in [9.17, 15) is 4.79 Å². The fourth-order valence-corrected chi connectivity index (χ4v) is 3.82. The lowest BCUT2D eigenvalue weighted by Gasteiger charge is -2.37. The molecule has 1 aliphatic heterocycles. The molecule has 0 radical (unpaired) electrons. The van der Waals surface area contributed by atoms with E-state index in [1.165, 1.54) is 23.9 Å². The quantitative estimate of drug-likeness (QED) is 0.664. The van der Waals surface area contributed by atoms with Gasteiger partial charge in [-0.1, -0.05) is 42.5 Å². The van der Waals surface area contributed by atoms with Gasteiger partial charge in [0.15, 0.2) is 0 Å². The summed E-state index contributed by atoms with van der Waals surface area (Å²) in [5, 5.41) is 3.69. The van der Waals surface area contributed by atoms with Crippen molar-refractivity contribution in [1.29, 1.82) is 0 Å². The predicted octanol–water partition coefficient (Wildman–Crippen LogP) is 4.30. The van der Waals surface area contributed by atoms with Crippen molar-refractivity contribution < 1.29 is 9.53 Å². The van der Waals surface area contributed by atoms with Crippen LogP contribution in [0.15, 0.2) is 60.7 Å². The average molecular weight is 305 g/mol. The van der Waals surface area contributed by atoms with E-state index >= 15 is 0 Å². The maximum Gasteiger partial charge on any atom is 0.337 e. The number of esters is 1. The van der Waals surface area contributed by atoms with Crippen molar-refractivity contribution in [3.63, 3.8) is 0 Å². The van der Waals surface area contributed by atoms with Crippen LogP contribution in [0.3, 0.4) is 0 Å². The molecule has 4 rings (SSSR count). The average Bonchev–Trinajstić information content (AvgIpc) is 3.10. The minimum atomic E-state index is -0.293. The van der Waals surface area contributed by atoms with Gasteiger partial charge < -0.3 is 10.1 Å². The number of rotatable bonds is 2. The number of carbonyl (C=O) groups is 1. The Balaban J connectivity index is 1.68. The second-order valence-corrected chi connectivity index (χ2v) is 6.18. The summed E-state index contributed by atoms with van der Waals surface area (Å²) in [5.41, 5.74) is 4.40. The third kappa shape index (κ3) is 2.33. The van der Waals surface area contributed by atoms with E-state index in [0.29, 0.717) is 17.4 Å². The van der Waals surface area contributed by atoms with Crippen LogP contribution in [0.25, 0.3) is 0 Å². The van der Waals surface area contributed by atoms with Crippen molar-refractivity contribution in [2.75, 3.05) is 12.4 Å². The third-order valence-electron chi connectivity index (χ3n) is 4.96. The highest BCUT2D eigenvalue weighted by molar-refractivity contribution is 5.89. The van der Waals surface area contributed by atoms with E-state index < -0.39 is 0 Å². The maximum absolute atomic E-state index is 11.6. The summed E-state index contributed by atoms with van der Waals surface area (Å²) in [5.74, 6) is 0.700. The molecular weight excluding hydrogens is 286 g/mol. The fraction of sp³-hybridized carbons (Fsp3) is 0.250. The molecule has 3 nitrogen and oxygen atoms in total. The monoisotopic (exact) mass is 305 g/mol. The van der Waals surface area contributed by atoms with E-state index in [1.54, 1.807) is 0 Å². The minimum Gasteiger partial charge on any atom is -0.465 e. The first-order valence-electron chi connectivity index (χ1n) is 7.98. The van der Waals surface area contributed by atoms with Gasteiger partial charge in [-0.05, 0) is 41.7 Å². The van der Waals surface area contributed by atoms with Gasteiger partial charge in [0.25, 0.3) is 0 Å². The van der Waals surface area contributed by atoms with Crippen molar-refractivity contribution in [3.8, 4) is 0 Å². The van der Waals surface area contributed by atoms with Crippen LogP contribution < -0.4 is 5.32 Å². The second kappa shape index (κ2) is 5.58. The number of ether oxygens (including phenoxy) is 1. The molecule has 0 bridgehead atoms. The number of methoxy groups -OCH3 is 1. The van der Waals surface area contributed by atoms with Gasteiger partial charge in [-0.2, -0.15) is 0 Å². The van der Waals surface area contributed by atoms with E-state index in [1.807, 2.05) is 24.3 Å². The Morgan fingerprint density at radius 1 is 1.13 bits per heavy atom. The summed E-state index contributed by atoms with van der Waals surface area (Å²) in [4.78, 5) is 11.6. The van der Waals surface area contributed by atoms with Crippen molar-refractivity contribution in [2.24, 2.45) is 5.92 Å². The SMILES string of the molecule is COC(=O)c1ccc([C@@H]2Nc3ccccc3[C@@H]3C=CC[C@H]32)cc1. The van der Waals surface area contributed by atoms with Crippen LogP contribution in [0.4, 0.5) is 5.69 Å². The highest BCUT2D eigenvalue weighted by atomic mass is 16.5. The van der Waals surface area contributed by atoms with E-state index in [0.717, 1.165) is 6.42 Å². The summed E-state index contributed by atoms with van der Waals surface area (Å²) in [6, 6.07) is 16.6. The zero-order valence-electron chi connectivity index (χ0n) is 13.0. The number of para-hydroxylation sites is 1. The number of nitrogens with one attached hydrogen (secondary N) is 1. The van der Waals surface area contributed by atoms with Gasteiger partial charge in [-0.15, -0.1) is 0 Å². The maximum atomic E-state index is 11.6. The molecule has 1 aliphatic carbocycles.